The van der Waals surface area contributed by atoms with Crippen molar-refractivity contribution in [2.75, 3.05) is 27.8 Å². The number of nitrogens with zero attached hydrogens (tertiary/aromatic N) is 3. The second kappa shape index (κ2) is 9.94. The van der Waals surface area contributed by atoms with Crippen molar-refractivity contribution in [3.8, 4) is 11.5 Å². The lowest BCUT2D eigenvalue weighted by molar-refractivity contribution is -0.133. The lowest BCUT2D eigenvalue weighted by Crippen LogP contribution is -2.49. The van der Waals surface area contributed by atoms with Crippen LogP contribution in [-0.2, 0) is 4.79 Å². The molecule has 1 aliphatic heterocycles. The highest BCUT2D eigenvalue weighted by Crippen LogP contribution is 2.34. The molecule has 0 radical (unpaired) electrons. The van der Waals surface area contributed by atoms with Gasteiger partial charge < -0.3 is 19.7 Å². The molecular weight excluding hydrogens is 420 g/mol. The predicted molar refractivity (Wildman–Crippen MR) is 128 cm³/mol. The Kier molecular flexibility index (Phi) is 7.26. The minimum absolute atomic E-state index is 0.0893. The van der Waals surface area contributed by atoms with Crippen molar-refractivity contribution >= 4 is 17.6 Å². The van der Waals surface area contributed by atoms with Crippen molar-refractivity contribution in [2.24, 2.45) is 5.10 Å². The molecule has 176 valence electrons. The van der Waals surface area contributed by atoms with Crippen LogP contribution in [0.1, 0.15) is 44.4 Å². The van der Waals surface area contributed by atoms with Gasteiger partial charge in [-0.05, 0) is 68.3 Å². The standard InChI is InChI=1S/C25H32N4O4/c1-25(2,3)26-24(31)28(4)16-23(30)29-22(18-9-13-20(33-6)14-10-18)15-21(27-29)17-7-11-19(32-5)12-8-17/h7-14,22H,15-16H2,1-6H3,(H,26,31)/t22-/m0/s1. The number of carbonyl (C=O) groups is 2. The summed E-state index contributed by atoms with van der Waals surface area (Å²) in [5.41, 5.74) is 2.27. The third kappa shape index (κ3) is 6.03. The molecule has 0 saturated heterocycles. The molecule has 0 spiro atoms. The Morgan fingerprint density at radius 2 is 1.58 bits per heavy atom. The van der Waals surface area contributed by atoms with Gasteiger partial charge in [0.2, 0.25) is 0 Å². The lowest BCUT2D eigenvalue weighted by Gasteiger charge is -2.28. The number of carbonyl (C=O) groups excluding carboxylic acids is 2. The number of hydrogen-bond acceptors (Lipinski definition) is 5. The van der Waals surface area contributed by atoms with Gasteiger partial charge in [0.1, 0.15) is 18.0 Å². The van der Waals surface area contributed by atoms with Crippen molar-refractivity contribution in [2.45, 2.75) is 38.8 Å². The summed E-state index contributed by atoms with van der Waals surface area (Å²) in [4.78, 5) is 27.1. The summed E-state index contributed by atoms with van der Waals surface area (Å²) in [6.45, 7) is 5.60. The molecule has 1 aliphatic rings. The molecule has 0 bridgehead atoms. The fraction of sp³-hybridized carbons (Fsp3) is 0.400. The molecular formula is C25H32N4O4. The second-order valence-electron chi connectivity index (χ2n) is 9.04. The van der Waals surface area contributed by atoms with Gasteiger partial charge >= 0.3 is 6.03 Å². The molecule has 1 N–H and O–H groups in total. The molecule has 8 nitrogen and oxygen atoms in total. The average molecular weight is 453 g/mol. The zero-order chi connectivity index (χ0) is 24.2. The first-order valence-electron chi connectivity index (χ1n) is 10.8. The summed E-state index contributed by atoms with van der Waals surface area (Å²) < 4.78 is 10.5. The Morgan fingerprint density at radius 3 is 2.09 bits per heavy atom. The number of likely N-dealkylation sites (N-methyl/N-ethyl adjacent to an activating group) is 1. The highest BCUT2D eigenvalue weighted by atomic mass is 16.5. The van der Waals surface area contributed by atoms with Gasteiger partial charge in [0, 0.05) is 19.0 Å². The second-order valence-corrected chi connectivity index (χ2v) is 9.04. The van der Waals surface area contributed by atoms with Crippen molar-refractivity contribution in [1.29, 1.82) is 0 Å². The molecule has 1 heterocycles. The van der Waals surface area contributed by atoms with Crippen LogP contribution >= 0.6 is 0 Å². The Bertz CT molecular complexity index is 1010. The first-order chi connectivity index (χ1) is 15.6. The van der Waals surface area contributed by atoms with Crippen LogP contribution in [0.4, 0.5) is 4.79 Å². The van der Waals surface area contributed by atoms with Gasteiger partial charge in [-0.15, -0.1) is 0 Å². The zero-order valence-corrected chi connectivity index (χ0v) is 20.1. The normalized spacial score (nSPS) is 15.6. The SMILES string of the molecule is COc1ccc(C2=NN(C(=O)CN(C)C(=O)NC(C)(C)C)[C@H](c3ccc(OC)cc3)C2)cc1. The summed E-state index contributed by atoms with van der Waals surface area (Å²) in [7, 11) is 4.84. The number of ether oxygens (including phenoxy) is 2. The summed E-state index contributed by atoms with van der Waals surface area (Å²) in [6, 6.07) is 14.6. The number of rotatable bonds is 6. The molecule has 1 atom stereocenters. The topological polar surface area (TPSA) is 83.5 Å². The van der Waals surface area contributed by atoms with Crippen LogP contribution in [0.25, 0.3) is 0 Å². The minimum atomic E-state index is -0.395. The van der Waals surface area contributed by atoms with Crippen LogP contribution in [-0.4, -0.2) is 60.9 Å². The average Bonchev–Trinajstić information content (AvgIpc) is 3.23. The maximum atomic E-state index is 13.3. The Morgan fingerprint density at radius 1 is 1.03 bits per heavy atom. The largest absolute Gasteiger partial charge is 0.497 e. The van der Waals surface area contributed by atoms with E-state index < -0.39 is 5.54 Å². The van der Waals surface area contributed by atoms with E-state index in [-0.39, 0.29) is 24.5 Å². The van der Waals surface area contributed by atoms with Gasteiger partial charge in [-0.1, -0.05) is 12.1 Å². The van der Waals surface area contributed by atoms with Gasteiger partial charge in [0.15, 0.2) is 0 Å². The summed E-state index contributed by atoms with van der Waals surface area (Å²) in [6.07, 6.45) is 0.558. The third-order valence-electron chi connectivity index (χ3n) is 5.29. The van der Waals surface area contributed by atoms with Crippen LogP contribution in [0.2, 0.25) is 0 Å². The summed E-state index contributed by atoms with van der Waals surface area (Å²) in [5.74, 6) is 1.24. The first kappa shape index (κ1) is 24.1. The van der Waals surface area contributed by atoms with Crippen LogP contribution < -0.4 is 14.8 Å². The molecule has 0 aromatic heterocycles. The smallest absolute Gasteiger partial charge is 0.318 e. The van der Waals surface area contributed by atoms with Gasteiger partial charge in [0.05, 0.1) is 26.0 Å². The van der Waals surface area contributed by atoms with E-state index >= 15 is 0 Å². The van der Waals surface area contributed by atoms with E-state index in [2.05, 4.69) is 10.4 Å². The van der Waals surface area contributed by atoms with Gasteiger partial charge in [-0.25, -0.2) is 9.80 Å². The number of amides is 3. The first-order valence-corrected chi connectivity index (χ1v) is 10.8. The fourth-order valence-electron chi connectivity index (χ4n) is 3.55. The number of hydrogen-bond donors (Lipinski definition) is 1. The molecule has 3 amide bonds. The van der Waals surface area contributed by atoms with Gasteiger partial charge in [-0.3, -0.25) is 4.79 Å². The summed E-state index contributed by atoms with van der Waals surface area (Å²) >= 11 is 0. The quantitative estimate of drug-likeness (QED) is 0.722. The van der Waals surface area contributed by atoms with Crippen molar-refractivity contribution in [3.05, 3.63) is 59.7 Å². The number of benzene rings is 2. The summed E-state index contributed by atoms with van der Waals surface area (Å²) in [5, 5.41) is 9.03. The molecule has 3 rings (SSSR count). The molecule has 0 saturated carbocycles. The van der Waals surface area contributed by atoms with Crippen molar-refractivity contribution in [3.63, 3.8) is 0 Å². The van der Waals surface area contributed by atoms with E-state index in [1.807, 2.05) is 69.3 Å². The van der Waals surface area contributed by atoms with Crippen LogP contribution in [0, 0.1) is 0 Å². The zero-order valence-electron chi connectivity index (χ0n) is 20.1. The third-order valence-corrected chi connectivity index (χ3v) is 5.29. The van der Waals surface area contributed by atoms with Crippen molar-refractivity contribution in [1.82, 2.24) is 15.2 Å². The molecule has 0 unspecified atom stereocenters. The molecule has 33 heavy (non-hydrogen) atoms. The van der Waals surface area contributed by atoms with E-state index in [1.165, 1.54) is 9.91 Å². The number of nitrogens with one attached hydrogen (secondary N) is 1. The number of urea groups is 1. The maximum Gasteiger partial charge on any atom is 0.318 e. The van der Waals surface area contributed by atoms with Crippen LogP contribution in [0.5, 0.6) is 11.5 Å². The molecule has 2 aromatic carbocycles. The van der Waals surface area contributed by atoms with Crippen LogP contribution in [0.15, 0.2) is 53.6 Å². The lowest BCUT2D eigenvalue weighted by atomic mass is 9.98. The number of hydrazone groups is 1. The Labute approximate surface area is 195 Å². The van der Waals surface area contributed by atoms with Gasteiger partial charge in [0.25, 0.3) is 5.91 Å². The molecule has 2 aromatic rings. The monoisotopic (exact) mass is 452 g/mol. The van der Waals surface area contributed by atoms with E-state index in [4.69, 9.17) is 9.47 Å². The molecule has 0 fully saturated rings. The van der Waals surface area contributed by atoms with Gasteiger partial charge in [-0.2, -0.15) is 5.10 Å². The minimum Gasteiger partial charge on any atom is -0.497 e. The molecule has 8 heteroatoms. The van der Waals surface area contributed by atoms with E-state index in [0.717, 1.165) is 28.3 Å². The fourth-order valence-corrected chi connectivity index (χ4v) is 3.55. The molecule has 0 aliphatic carbocycles. The highest BCUT2D eigenvalue weighted by Gasteiger charge is 2.34. The predicted octanol–water partition coefficient (Wildman–Crippen LogP) is 3.82. The number of methoxy groups -OCH3 is 2. The van der Waals surface area contributed by atoms with Crippen LogP contribution in [0.3, 0.4) is 0 Å². The Balaban J connectivity index is 1.85. The van der Waals surface area contributed by atoms with E-state index in [9.17, 15) is 9.59 Å². The van der Waals surface area contributed by atoms with E-state index in [1.54, 1.807) is 21.3 Å². The van der Waals surface area contributed by atoms with E-state index in [0.29, 0.717) is 6.42 Å². The maximum absolute atomic E-state index is 13.3. The highest BCUT2D eigenvalue weighted by molar-refractivity contribution is 6.03. The van der Waals surface area contributed by atoms with Crippen molar-refractivity contribution < 1.29 is 19.1 Å². The Hall–Kier alpha value is -3.55.